The Labute approximate surface area is 182 Å². The molecule has 7 nitrogen and oxygen atoms in total. The summed E-state index contributed by atoms with van der Waals surface area (Å²) in [7, 11) is 1.54. The minimum atomic E-state index is -1.12. The molecule has 0 spiro atoms. The lowest BCUT2D eigenvalue weighted by molar-refractivity contribution is -0.111. The van der Waals surface area contributed by atoms with Gasteiger partial charge in [0.1, 0.15) is 5.60 Å². The molecule has 2 aromatic carbocycles. The molecule has 0 aromatic heterocycles. The molecule has 0 saturated heterocycles. The van der Waals surface area contributed by atoms with Gasteiger partial charge < -0.3 is 25.0 Å². The number of aromatic carboxylic acids is 1. The summed E-state index contributed by atoms with van der Waals surface area (Å²) in [6, 6.07) is 11.4. The Morgan fingerprint density at radius 2 is 1.74 bits per heavy atom. The van der Waals surface area contributed by atoms with Crippen molar-refractivity contribution in [3.05, 3.63) is 59.7 Å². The average Bonchev–Trinajstić information content (AvgIpc) is 2.64. The molecule has 0 heterocycles. The molecular weight excluding hydrogens is 398 g/mol. The first-order valence-electron chi connectivity index (χ1n) is 9.81. The molecule has 1 amide bonds. The Morgan fingerprint density at radius 1 is 1.06 bits per heavy atom. The smallest absolute Gasteiger partial charge is 0.337 e. The maximum absolute atomic E-state index is 12.3. The van der Waals surface area contributed by atoms with Crippen LogP contribution in [-0.4, -0.2) is 40.4 Å². The topological polar surface area (TPSA) is 105 Å². The number of methoxy groups -OCH3 is 1. The van der Waals surface area contributed by atoms with E-state index in [1.165, 1.54) is 25.3 Å². The molecule has 0 aliphatic rings. The van der Waals surface area contributed by atoms with Gasteiger partial charge in [0, 0.05) is 12.5 Å². The molecule has 0 atom stereocenters. The van der Waals surface area contributed by atoms with Crippen molar-refractivity contribution in [2.24, 2.45) is 0 Å². The van der Waals surface area contributed by atoms with Crippen LogP contribution in [0.15, 0.2) is 48.5 Å². The van der Waals surface area contributed by atoms with Crippen LogP contribution in [-0.2, 0) is 4.79 Å². The normalized spacial score (nSPS) is 11.9. The monoisotopic (exact) mass is 427 g/mol. The Hall–Kier alpha value is -3.32. The summed E-state index contributed by atoms with van der Waals surface area (Å²) in [4.78, 5) is 23.6. The number of para-hydroxylation sites is 1. The van der Waals surface area contributed by atoms with Crippen molar-refractivity contribution in [2.45, 2.75) is 45.3 Å². The first-order valence-corrected chi connectivity index (χ1v) is 9.81. The molecule has 2 rings (SSSR count). The van der Waals surface area contributed by atoms with Crippen LogP contribution < -0.4 is 14.8 Å². The van der Waals surface area contributed by atoms with Gasteiger partial charge in [-0.2, -0.15) is 0 Å². The Kier molecular flexibility index (Phi) is 7.46. The minimum absolute atomic E-state index is 0.0124. The van der Waals surface area contributed by atoms with E-state index < -0.39 is 23.1 Å². The number of benzene rings is 2. The highest BCUT2D eigenvalue weighted by atomic mass is 16.5. The summed E-state index contributed by atoms with van der Waals surface area (Å²) in [6.07, 6.45) is 3.30. The summed E-state index contributed by atoms with van der Waals surface area (Å²) in [5.41, 5.74) is -0.642. The molecule has 0 radical (unpaired) electrons. The van der Waals surface area contributed by atoms with Crippen LogP contribution in [0.5, 0.6) is 11.5 Å². The molecule has 3 N–H and O–H groups in total. The highest BCUT2D eigenvalue weighted by molar-refractivity contribution is 6.06. The third-order valence-corrected chi connectivity index (χ3v) is 4.27. The molecule has 0 unspecified atom stereocenters. The lowest BCUT2D eigenvalue weighted by Gasteiger charge is -2.32. The van der Waals surface area contributed by atoms with Crippen molar-refractivity contribution in [3.8, 4) is 11.5 Å². The van der Waals surface area contributed by atoms with Gasteiger partial charge in [-0.25, -0.2) is 4.79 Å². The summed E-state index contributed by atoms with van der Waals surface area (Å²) in [5, 5.41) is 21.9. The highest BCUT2D eigenvalue weighted by Gasteiger charge is 2.29. The van der Waals surface area contributed by atoms with Crippen molar-refractivity contribution in [2.75, 3.05) is 12.4 Å². The second kappa shape index (κ2) is 9.66. The van der Waals surface area contributed by atoms with E-state index in [0.29, 0.717) is 23.5 Å². The number of nitrogens with one attached hydrogen (secondary N) is 1. The van der Waals surface area contributed by atoms with Gasteiger partial charge in [0.15, 0.2) is 11.5 Å². The molecular formula is C24H29NO6. The average molecular weight is 427 g/mol. The van der Waals surface area contributed by atoms with Gasteiger partial charge >= 0.3 is 5.97 Å². The molecule has 0 saturated carbocycles. The van der Waals surface area contributed by atoms with E-state index in [2.05, 4.69) is 5.32 Å². The second-order valence-electron chi connectivity index (χ2n) is 8.43. The Morgan fingerprint density at radius 3 is 2.35 bits per heavy atom. The number of ether oxygens (including phenoxy) is 2. The summed E-state index contributed by atoms with van der Waals surface area (Å²) >= 11 is 0. The standard InChI is InChI=1S/C24H29NO6/c1-23(2,29)15-24(3,4)31-20-14-16(10-12-19(20)30-5)11-13-21(26)25-18-9-7-6-8-17(18)22(27)28/h6-14,29H,15H2,1-5H3,(H,25,26)(H,27,28)/b13-11+. The quantitative estimate of drug-likeness (QED) is 0.514. The van der Waals surface area contributed by atoms with E-state index >= 15 is 0 Å². The Balaban J connectivity index is 2.18. The van der Waals surface area contributed by atoms with Gasteiger partial charge in [0.25, 0.3) is 0 Å². The lowest BCUT2D eigenvalue weighted by atomic mass is 9.92. The zero-order chi connectivity index (χ0) is 23.2. The van der Waals surface area contributed by atoms with Gasteiger partial charge in [-0.15, -0.1) is 0 Å². The number of carboxylic acid groups (broad SMARTS) is 1. The number of carbonyl (C=O) groups excluding carboxylic acids is 1. The van der Waals surface area contributed by atoms with Crippen LogP contribution in [0.2, 0.25) is 0 Å². The van der Waals surface area contributed by atoms with Crippen LogP contribution in [0, 0.1) is 0 Å². The van der Waals surface area contributed by atoms with Crippen molar-refractivity contribution >= 4 is 23.6 Å². The molecule has 0 aliphatic carbocycles. The number of aliphatic hydroxyl groups is 1. The first kappa shape index (κ1) is 24.0. The largest absolute Gasteiger partial charge is 0.493 e. The van der Waals surface area contributed by atoms with Crippen molar-refractivity contribution in [1.82, 2.24) is 0 Å². The van der Waals surface area contributed by atoms with Gasteiger partial charge in [0.05, 0.1) is 24.0 Å². The van der Waals surface area contributed by atoms with Gasteiger partial charge in [-0.3, -0.25) is 4.79 Å². The van der Waals surface area contributed by atoms with Crippen LogP contribution in [0.3, 0.4) is 0 Å². The third kappa shape index (κ3) is 7.46. The van der Waals surface area contributed by atoms with Crippen LogP contribution in [0.1, 0.15) is 50.0 Å². The van der Waals surface area contributed by atoms with Gasteiger partial charge in [0.2, 0.25) is 5.91 Å². The summed E-state index contributed by atoms with van der Waals surface area (Å²) < 4.78 is 11.5. The predicted octanol–water partition coefficient (Wildman–Crippen LogP) is 4.36. The van der Waals surface area contributed by atoms with E-state index in [0.717, 1.165) is 0 Å². The van der Waals surface area contributed by atoms with E-state index in [1.54, 1.807) is 50.3 Å². The molecule has 0 fully saturated rings. The van der Waals surface area contributed by atoms with Crippen molar-refractivity contribution in [3.63, 3.8) is 0 Å². The molecule has 0 aliphatic heterocycles. The highest BCUT2D eigenvalue weighted by Crippen LogP contribution is 2.34. The van der Waals surface area contributed by atoms with E-state index in [9.17, 15) is 19.8 Å². The molecule has 2 aromatic rings. The maximum atomic E-state index is 12.3. The minimum Gasteiger partial charge on any atom is -0.493 e. The third-order valence-electron chi connectivity index (χ3n) is 4.27. The van der Waals surface area contributed by atoms with Crippen molar-refractivity contribution in [1.29, 1.82) is 0 Å². The molecule has 0 bridgehead atoms. The van der Waals surface area contributed by atoms with E-state index in [4.69, 9.17) is 9.47 Å². The lowest BCUT2D eigenvalue weighted by Crippen LogP contribution is -2.37. The zero-order valence-corrected chi connectivity index (χ0v) is 18.4. The number of carboxylic acids is 1. The van der Waals surface area contributed by atoms with Crippen LogP contribution >= 0.6 is 0 Å². The number of hydrogen-bond acceptors (Lipinski definition) is 5. The fourth-order valence-electron chi connectivity index (χ4n) is 3.38. The number of hydrogen-bond donors (Lipinski definition) is 3. The molecule has 7 heteroatoms. The van der Waals surface area contributed by atoms with E-state index in [1.807, 2.05) is 13.8 Å². The van der Waals surface area contributed by atoms with Crippen molar-refractivity contribution < 1.29 is 29.3 Å². The molecule has 166 valence electrons. The fraction of sp³-hybridized carbons (Fsp3) is 0.333. The van der Waals surface area contributed by atoms with Crippen LogP contribution in [0.4, 0.5) is 5.69 Å². The van der Waals surface area contributed by atoms with Gasteiger partial charge in [-0.05, 0) is 63.6 Å². The fourth-order valence-corrected chi connectivity index (χ4v) is 3.38. The number of anilines is 1. The second-order valence-corrected chi connectivity index (χ2v) is 8.43. The Bertz CT molecular complexity index is 972. The summed E-state index contributed by atoms with van der Waals surface area (Å²) in [5.74, 6) is -0.573. The number of rotatable bonds is 9. The first-order chi connectivity index (χ1) is 14.4. The maximum Gasteiger partial charge on any atom is 0.337 e. The number of amides is 1. The van der Waals surface area contributed by atoms with Gasteiger partial charge in [-0.1, -0.05) is 18.2 Å². The number of carbonyl (C=O) groups is 2. The van der Waals surface area contributed by atoms with Crippen LogP contribution in [0.25, 0.3) is 6.08 Å². The molecule has 31 heavy (non-hydrogen) atoms. The zero-order valence-electron chi connectivity index (χ0n) is 18.4. The SMILES string of the molecule is COc1ccc(/C=C/C(=O)Nc2ccccc2C(=O)O)cc1OC(C)(C)CC(C)(C)O. The summed E-state index contributed by atoms with van der Waals surface area (Å²) in [6.45, 7) is 7.19. The predicted molar refractivity (Wildman–Crippen MR) is 120 cm³/mol. The van der Waals surface area contributed by atoms with E-state index in [-0.39, 0.29) is 11.3 Å².